The number of ether oxygens (including phenoxy) is 1. The first kappa shape index (κ1) is 19.0. The lowest BCUT2D eigenvalue weighted by Crippen LogP contribution is -2.25. The van der Waals surface area contributed by atoms with Crippen molar-refractivity contribution in [1.29, 1.82) is 0 Å². The van der Waals surface area contributed by atoms with Gasteiger partial charge in [0, 0.05) is 29.2 Å². The van der Waals surface area contributed by atoms with E-state index in [0.29, 0.717) is 24.1 Å². The Kier molecular flexibility index (Phi) is 5.81. The molecule has 0 spiro atoms. The maximum atomic E-state index is 12.2. The Balaban J connectivity index is 1.48. The van der Waals surface area contributed by atoms with Gasteiger partial charge in [0.15, 0.2) is 0 Å². The van der Waals surface area contributed by atoms with Crippen LogP contribution in [0.1, 0.15) is 21.5 Å². The molecule has 3 aromatic rings. The molecule has 2 aromatic carbocycles. The van der Waals surface area contributed by atoms with Crippen molar-refractivity contribution in [3.63, 3.8) is 0 Å². The Morgan fingerprint density at radius 3 is 2.56 bits per heavy atom. The average molecular weight is 376 g/mol. The highest BCUT2D eigenvalue weighted by Gasteiger charge is 2.27. The van der Waals surface area contributed by atoms with Gasteiger partial charge in [-0.3, -0.25) is 4.79 Å². The number of amides is 1. The second-order valence-corrected chi connectivity index (χ2v) is 6.17. The number of aromatic nitrogens is 1. The summed E-state index contributed by atoms with van der Waals surface area (Å²) in [6.45, 7) is -0.956. The Labute approximate surface area is 154 Å². The van der Waals surface area contributed by atoms with Crippen LogP contribution in [0.25, 0.3) is 10.9 Å². The summed E-state index contributed by atoms with van der Waals surface area (Å²) in [5.74, 6) is -0.224. The lowest BCUT2D eigenvalue weighted by atomic mass is 10.1. The highest BCUT2D eigenvalue weighted by atomic mass is 19.4. The molecule has 7 heteroatoms. The number of alkyl halides is 3. The van der Waals surface area contributed by atoms with Crippen molar-refractivity contribution in [2.45, 2.75) is 19.2 Å². The summed E-state index contributed by atoms with van der Waals surface area (Å²) in [6, 6.07) is 14.3. The second kappa shape index (κ2) is 8.26. The Bertz CT molecular complexity index is 901. The molecule has 0 bridgehead atoms. The molecule has 0 radical (unpaired) electrons. The standard InChI is InChI=1S/C20H19F3N2O2/c21-20(22,23)13-27-12-14-5-7-15(8-6-14)19(26)24-10-9-16-11-25-18-4-2-1-3-17(16)18/h1-8,11,25H,9-10,12-13H2,(H,24,26). The molecule has 0 saturated heterocycles. The number of halogens is 3. The van der Waals surface area contributed by atoms with Crippen molar-refractivity contribution in [2.24, 2.45) is 0 Å². The van der Waals surface area contributed by atoms with E-state index in [1.54, 1.807) is 24.3 Å². The van der Waals surface area contributed by atoms with E-state index >= 15 is 0 Å². The third-order valence-corrected chi connectivity index (χ3v) is 4.11. The summed E-state index contributed by atoms with van der Waals surface area (Å²) < 4.78 is 40.8. The van der Waals surface area contributed by atoms with E-state index in [2.05, 4.69) is 15.0 Å². The number of carbonyl (C=O) groups is 1. The highest BCUT2D eigenvalue weighted by molar-refractivity contribution is 5.94. The molecule has 0 aliphatic heterocycles. The van der Waals surface area contributed by atoms with Crippen molar-refractivity contribution >= 4 is 16.8 Å². The van der Waals surface area contributed by atoms with Crippen molar-refractivity contribution in [3.05, 3.63) is 71.4 Å². The van der Waals surface area contributed by atoms with Crippen LogP contribution in [0.4, 0.5) is 13.2 Å². The second-order valence-electron chi connectivity index (χ2n) is 6.17. The SMILES string of the molecule is O=C(NCCc1c[nH]c2ccccc12)c1ccc(COCC(F)(F)F)cc1. The zero-order valence-electron chi connectivity index (χ0n) is 14.5. The number of hydrogen-bond acceptors (Lipinski definition) is 2. The van der Waals surface area contributed by atoms with E-state index in [-0.39, 0.29) is 12.5 Å². The van der Waals surface area contributed by atoms with Gasteiger partial charge < -0.3 is 15.0 Å². The summed E-state index contributed by atoms with van der Waals surface area (Å²) >= 11 is 0. The minimum atomic E-state index is -4.34. The van der Waals surface area contributed by atoms with Crippen LogP contribution >= 0.6 is 0 Å². The molecule has 1 amide bonds. The van der Waals surface area contributed by atoms with Gasteiger partial charge >= 0.3 is 6.18 Å². The lowest BCUT2D eigenvalue weighted by molar-refractivity contribution is -0.176. The number of aromatic amines is 1. The fourth-order valence-electron chi connectivity index (χ4n) is 2.79. The van der Waals surface area contributed by atoms with Gasteiger partial charge in [-0.15, -0.1) is 0 Å². The Morgan fingerprint density at radius 2 is 1.81 bits per heavy atom. The number of fused-ring (bicyclic) bond motifs is 1. The quantitative estimate of drug-likeness (QED) is 0.649. The molecule has 0 aliphatic carbocycles. The van der Waals surface area contributed by atoms with Crippen LogP contribution < -0.4 is 5.32 Å². The largest absolute Gasteiger partial charge is 0.411 e. The third-order valence-electron chi connectivity index (χ3n) is 4.11. The molecule has 142 valence electrons. The Morgan fingerprint density at radius 1 is 1.07 bits per heavy atom. The molecule has 0 unspecified atom stereocenters. The fourth-order valence-corrected chi connectivity index (χ4v) is 2.79. The molecule has 3 rings (SSSR count). The van der Waals surface area contributed by atoms with Crippen LogP contribution in [0.3, 0.4) is 0 Å². The highest BCUT2D eigenvalue weighted by Crippen LogP contribution is 2.18. The van der Waals surface area contributed by atoms with E-state index in [1.807, 2.05) is 30.5 Å². The molecular weight excluding hydrogens is 357 g/mol. The van der Waals surface area contributed by atoms with E-state index in [0.717, 1.165) is 16.5 Å². The third kappa shape index (κ3) is 5.34. The van der Waals surface area contributed by atoms with Gasteiger partial charge in [-0.25, -0.2) is 0 Å². The maximum Gasteiger partial charge on any atom is 0.411 e. The van der Waals surface area contributed by atoms with Crippen LogP contribution in [0.15, 0.2) is 54.7 Å². The van der Waals surface area contributed by atoms with Gasteiger partial charge in [0.05, 0.1) is 6.61 Å². The predicted octanol–water partition coefficient (Wildman–Crippen LogP) is 4.22. The smallest absolute Gasteiger partial charge is 0.367 e. The summed E-state index contributed by atoms with van der Waals surface area (Å²) in [4.78, 5) is 15.4. The van der Waals surface area contributed by atoms with Gasteiger partial charge in [-0.1, -0.05) is 30.3 Å². The molecule has 1 aromatic heterocycles. The number of rotatable bonds is 7. The number of benzene rings is 2. The lowest BCUT2D eigenvalue weighted by Gasteiger charge is -2.08. The summed E-state index contributed by atoms with van der Waals surface area (Å²) in [6.07, 6.45) is -1.71. The van der Waals surface area contributed by atoms with Gasteiger partial charge in [0.1, 0.15) is 6.61 Å². The van der Waals surface area contributed by atoms with Gasteiger partial charge in [-0.2, -0.15) is 13.2 Å². The monoisotopic (exact) mass is 376 g/mol. The fraction of sp³-hybridized carbons (Fsp3) is 0.250. The first-order chi connectivity index (χ1) is 12.9. The van der Waals surface area contributed by atoms with E-state index < -0.39 is 12.8 Å². The molecule has 0 aliphatic rings. The first-order valence-electron chi connectivity index (χ1n) is 8.49. The van der Waals surface area contributed by atoms with E-state index in [4.69, 9.17) is 0 Å². The topological polar surface area (TPSA) is 54.1 Å². The Hall–Kier alpha value is -2.80. The zero-order valence-corrected chi connectivity index (χ0v) is 14.5. The molecule has 0 fully saturated rings. The zero-order chi connectivity index (χ0) is 19.3. The van der Waals surface area contributed by atoms with Gasteiger partial charge in [0.25, 0.3) is 5.91 Å². The molecule has 0 saturated carbocycles. The minimum absolute atomic E-state index is 0.151. The van der Waals surface area contributed by atoms with Crippen LogP contribution in [-0.4, -0.2) is 30.2 Å². The molecule has 2 N–H and O–H groups in total. The first-order valence-corrected chi connectivity index (χ1v) is 8.49. The summed E-state index contributed by atoms with van der Waals surface area (Å²) in [5.41, 5.74) is 3.22. The number of nitrogens with one attached hydrogen (secondary N) is 2. The van der Waals surface area contributed by atoms with E-state index in [9.17, 15) is 18.0 Å². The molecule has 4 nitrogen and oxygen atoms in total. The summed E-state index contributed by atoms with van der Waals surface area (Å²) in [5, 5.41) is 3.99. The van der Waals surface area contributed by atoms with Crippen LogP contribution in [0.5, 0.6) is 0 Å². The molecule has 27 heavy (non-hydrogen) atoms. The average Bonchev–Trinajstić information content (AvgIpc) is 3.04. The van der Waals surface area contributed by atoms with Crippen molar-refractivity contribution < 1.29 is 22.7 Å². The number of carbonyl (C=O) groups excluding carboxylic acids is 1. The maximum absolute atomic E-state index is 12.2. The molecule has 1 heterocycles. The minimum Gasteiger partial charge on any atom is -0.367 e. The van der Waals surface area contributed by atoms with Crippen LogP contribution in [0.2, 0.25) is 0 Å². The van der Waals surface area contributed by atoms with Gasteiger partial charge in [0.2, 0.25) is 0 Å². The number of para-hydroxylation sites is 1. The summed E-state index contributed by atoms with van der Waals surface area (Å²) in [7, 11) is 0. The van der Waals surface area contributed by atoms with Crippen molar-refractivity contribution in [1.82, 2.24) is 10.3 Å². The van der Waals surface area contributed by atoms with Gasteiger partial charge in [-0.05, 0) is 35.7 Å². The van der Waals surface area contributed by atoms with Crippen LogP contribution in [-0.2, 0) is 17.8 Å². The van der Waals surface area contributed by atoms with Crippen LogP contribution in [0, 0.1) is 0 Å². The number of hydrogen-bond donors (Lipinski definition) is 2. The van der Waals surface area contributed by atoms with E-state index in [1.165, 1.54) is 0 Å². The normalized spacial score (nSPS) is 11.7. The number of H-pyrrole nitrogens is 1. The van der Waals surface area contributed by atoms with Crippen molar-refractivity contribution in [3.8, 4) is 0 Å². The van der Waals surface area contributed by atoms with Crippen molar-refractivity contribution in [2.75, 3.05) is 13.2 Å². The predicted molar refractivity (Wildman–Crippen MR) is 96.5 cm³/mol. The molecule has 0 atom stereocenters. The molecular formula is C20H19F3N2O2.